The number of nitrogens with zero attached hydrogens (tertiary/aromatic N) is 6. The summed E-state index contributed by atoms with van der Waals surface area (Å²) in [6.07, 6.45) is -3.48. The molecule has 0 aliphatic rings. The topological polar surface area (TPSA) is 151 Å². The summed E-state index contributed by atoms with van der Waals surface area (Å²) in [4.78, 5) is 56.3. The molecule has 0 aliphatic heterocycles. The predicted octanol–water partition coefficient (Wildman–Crippen LogP) is 4.87. The minimum atomic E-state index is -5.03. The summed E-state index contributed by atoms with van der Waals surface area (Å²) in [6, 6.07) is 11.2. The highest BCUT2D eigenvalue weighted by Gasteiger charge is 2.36. The number of fused-ring (bicyclic) bond motifs is 1. The Balaban J connectivity index is 1.43. The van der Waals surface area contributed by atoms with Crippen LogP contribution in [-0.4, -0.2) is 40.7 Å². The van der Waals surface area contributed by atoms with Crippen LogP contribution >= 0.6 is 0 Å². The molecule has 0 radical (unpaired) electrons. The standard InChI is InChI=1S/C32H26F4N8O5/c1-5-43-27-21(30(47)44(43)19-9-6-17(7-10-19)25-16(2)49-42(4)31(25)48)15-23(32(34,35)36)38-26(27)29(46)37-18-8-11-22(33)20(14-18)28(45)39-24-12-13-41(3)40-24/h6-15H,5H2,1-4H3,(H,37,46)(H,39,40,45). The smallest absolute Gasteiger partial charge is 0.381 e. The molecule has 6 aromatic rings. The second-order valence-electron chi connectivity index (χ2n) is 10.9. The van der Waals surface area contributed by atoms with Gasteiger partial charge in [-0.2, -0.15) is 23.0 Å². The van der Waals surface area contributed by atoms with Gasteiger partial charge in [0.05, 0.1) is 22.2 Å². The van der Waals surface area contributed by atoms with E-state index in [0.717, 1.165) is 27.6 Å². The van der Waals surface area contributed by atoms with Crippen LogP contribution in [0.2, 0.25) is 0 Å². The average Bonchev–Trinajstić information content (AvgIpc) is 3.68. The summed E-state index contributed by atoms with van der Waals surface area (Å²) >= 11 is 0. The van der Waals surface area contributed by atoms with Crippen molar-refractivity contribution in [1.29, 1.82) is 0 Å². The van der Waals surface area contributed by atoms with E-state index in [2.05, 4.69) is 20.7 Å². The van der Waals surface area contributed by atoms with E-state index in [1.165, 1.54) is 34.6 Å². The van der Waals surface area contributed by atoms with Gasteiger partial charge in [0, 0.05) is 38.6 Å². The van der Waals surface area contributed by atoms with Gasteiger partial charge in [-0.25, -0.2) is 14.1 Å². The summed E-state index contributed by atoms with van der Waals surface area (Å²) in [5.74, 6) is -2.48. The highest BCUT2D eigenvalue weighted by atomic mass is 19.4. The molecular formula is C32H26F4N8O5. The molecular weight excluding hydrogens is 652 g/mol. The normalized spacial score (nSPS) is 11.7. The number of aromatic nitrogens is 6. The molecule has 0 saturated carbocycles. The molecule has 0 bridgehead atoms. The largest absolute Gasteiger partial charge is 0.433 e. The van der Waals surface area contributed by atoms with E-state index in [9.17, 15) is 36.7 Å². The molecule has 13 nitrogen and oxygen atoms in total. The number of carbonyl (C=O) groups excluding carboxylic acids is 2. The molecule has 4 heterocycles. The van der Waals surface area contributed by atoms with Crippen molar-refractivity contribution in [3.05, 3.63) is 110 Å². The third-order valence-corrected chi connectivity index (χ3v) is 7.67. The maximum atomic E-state index is 14.7. The van der Waals surface area contributed by atoms with Gasteiger partial charge in [0.25, 0.3) is 22.9 Å². The number of rotatable bonds is 7. The minimum absolute atomic E-state index is 0.0174. The molecule has 6 rings (SSSR count). The first-order valence-electron chi connectivity index (χ1n) is 14.6. The van der Waals surface area contributed by atoms with Crippen molar-refractivity contribution in [3.8, 4) is 16.8 Å². The van der Waals surface area contributed by atoms with E-state index < -0.39 is 51.7 Å². The first-order valence-corrected chi connectivity index (χ1v) is 14.6. The molecule has 17 heteroatoms. The van der Waals surface area contributed by atoms with Crippen molar-refractivity contribution in [2.24, 2.45) is 14.1 Å². The van der Waals surface area contributed by atoms with Gasteiger partial charge in [-0.3, -0.25) is 28.5 Å². The highest BCUT2D eigenvalue weighted by molar-refractivity contribution is 6.11. The molecule has 0 fully saturated rings. The fourth-order valence-corrected chi connectivity index (χ4v) is 5.48. The number of hydrogen-bond donors (Lipinski definition) is 2. The molecule has 0 atom stereocenters. The van der Waals surface area contributed by atoms with E-state index in [0.29, 0.717) is 23.0 Å². The lowest BCUT2D eigenvalue weighted by atomic mass is 10.1. The van der Waals surface area contributed by atoms with E-state index in [4.69, 9.17) is 4.52 Å². The van der Waals surface area contributed by atoms with Crippen molar-refractivity contribution in [3.63, 3.8) is 0 Å². The number of aryl methyl sites for hydroxylation is 4. The minimum Gasteiger partial charge on any atom is -0.381 e. The third-order valence-electron chi connectivity index (χ3n) is 7.67. The summed E-state index contributed by atoms with van der Waals surface area (Å²) < 4.78 is 67.0. The molecule has 0 saturated heterocycles. The second-order valence-corrected chi connectivity index (χ2v) is 10.9. The number of amides is 2. The first kappa shape index (κ1) is 32.7. The van der Waals surface area contributed by atoms with E-state index in [-0.39, 0.29) is 34.8 Å². The molecule has 0 spiro atoms. The van der Waals surface area contributed by atoms with Crippen molar-refractivity contribution in [1.82, 2.24) is 28.9 Å². The van der Waals surface area contributed by atoms with E-state index >= 15 is 0 Å². The molecule has 2 aromatic carbocycles. The van der Waals surface area contributed by atoms with Gasteiger partial charge in [-0.1, -0.05) is 12.1 Å². The second kappa shape index (κ2) is 12.1. The van der Waals surface area contributed by atoms with Crippen LogP contribution in [0.25, 0.3) is 27.7 Å². The van der Waals surface area contributed by atoms with Crippen LogP contribution in [0.1, 0.15) is 39.2 Å². The van der Waals surface area contributed by atoms with Crippen LogP contribution in [0, 0.1) is 12.7 Å². The molecule has 2 N–H and O–H groups in total. The van der Waals surface area contributed by atoms with Gasteiger partial charge in [-0.05, 0) is 55.8 Å². The maximum absolute atomic E-state index is 14.7. The van der Waals surface area contributed by atoms with Crippen LogP contribution in [0.4, 0.5) is 29.1 Å². The number of anilines is 2. The van der Waals surface area contributed by atoms with E-state index in [1.54, 1.807) is 39.2 Å². The Kier molecular flexibility index (Phi) is 8.05. The Labute approximate surface area is 272 Å². The van der Waals surface area contributed by atoms with E-state index in [1.807, 2.05) is 0 Å². The Hall–Kier alpha value is -6.26. The molecule has 0 aliphatic carbocycles. The van der Waals surface area contributed by atoms with Crippen LogP contribution < -0.4 is 21.8 Å². The predicted molar refractivity (Wildman–Crippen MR) is 169 cm³/mol. The molecule has 0 unspecified atom stereocenters. The van der Waals surface area contributed by atoms with Crippen LogP contribution in [0.5, 0.6) is 0 Å². The number of halogens is 4. The first-order chi connectivity index (χ1) is 23.2. The number of benzene rings is 2. The lowest BCUT2D eigenvalue weighted by molar-refractivity contribution is -0.141. The fraction of sp³-hybridized carbons (Fsp3) is 0.188. The van der Waals surface area contributed by atoms with Gasteiger partial charge in [0.1, 0.15) is 22.8 Å². The van der Waals surface area contributed by atoms with Gasteiger partial charge in [-0.15, -0.1) is 0 Å². The summed E-state index contributed by atoms with van der Waals surface area (Å²) in [7, 11) is 3.07. The summed E-state index contributed by atoms with van der Waals surface area (Å²) in [5.41, 5.74) is -3.27. The lowest BCUT2D eigenvalue weighted by Crippen LogP contribution is -2.21. The van der Waals surface area contributed by atoms with Crippen molar-refractivity contribution in [2.75, 3.05) is 10.6 Å². The lowest BCUT2D eigenvalue weighted by Gasteiger charge is -2.14. The Morgan fingerprint density at radius 2 is 1.65 bits per heavy atom. The van der Waals surface area contributed by atoms with Gasteiger partial charge < -0.3 is 15.2 Å². The zero-order chi connectivity index (χ0) is 35.4. The third kappa shape index (κ3) is 5.90. The molecule has 4 aromatic heterocycles. The summed E-state index contributed by atoms with van der Waals surface area (Å²) in [6.45, 7) is 3.25. The molecule has 49 heavy (non-hydrogen) atoms. The maximum Gasteiger partial charge on any atom is 0.433 e. The van der Waals surface area contributed by atoms with Gasteiger partial charge in [0.15, 0.2) is 11.5 Å². The summed E-state index contributed by atoms with van der Waals surface area (Å²) in [5, 5.41) is 8.35. The molecule has 2 amide bonds. The number of alkyl halides is 3. The molecule has 252 valence electrons. The van der Waals surface area contributed by atoms with Crippen LogP contribution in [0.15, 0.2) is 74.9 Å². The quantitative estimate of drug-likeness (QED) is 0.229. The number of nitrogens with one attached hydrogen (secondary N) is 2. The number of carbonyl (C=O) groups is 2. The van der Waals surface area contributed by atoms with Crippen molar-refractivity contribution >= 4 is 34.2 Å². The Morgan fingerprint density at radius 3 is 2.24 bits per heavy atom. The average molecular weight is 679 g/mol. The highest BCUT2D eigenvalue weighted by Crippen LogP contribution is 2.32. The van der Waals surface area contributed by atoms with Crippen LogP contribution in [0.3, 0.4) is 0 Å². The fourth-order valence-electron chi connectivity index (χ4n) is 5.48. The Morgan fingerprint density at radius 1 is 0.939 bits per heavy atom. The van der Waals surface area contributed by atoms with Crippen molar-refractivity contribution in [2.45, 2.75) is 26.6 Å². The zero-order valence-corrected chi connectivity index (χ0v) is 26.2. The SMILES string of the molecule is CCn1c2c(C(=O)Nc3ccc(F)c(C(=O)Nc4ccn(C)n4)c3)nc(C(F)(F)F)cc2c(=O)n1-c1ccc(-c2c(C)on(C)c2=O)cc1. The zero-order valence-electron chi connectivity index (χ0n) is 26.2. The van der Waals surface area contributed by atoms with Crippen LogP contribution in [-0.2, 0) is 26.8 Å². The number of hydrogen-bond acceptors (Lipinski definition) is 7. The number of pyridine rings is 1. The van der Waals surface area contributed by atoms with Crippen molar-refractivity contribution < 1.29 is 31.7 Å². The van der Waals surface area contributed by atoms with Gasteiger partial charge >= 0.3 is 6.18 Å². The van der Waals surface area contributed by atoms with Gasteiger partial charge in [0.2, 0.25) is 0 Å². The monoisotopic (exact) mass is 678 g/mol. The Bertz CT molecular complexity index is 2400.